The maximum Gasteiger partial charge on any atom is 0.326 e. The van der Waals surface area contributed by atoms with Crippen molar-refractivity contribution in [2.75, 3.05) is 6.54 Å². The van der Waals surface area contributed by atoms with Crippen LogP contribution in [0.5, 0.6) is 0 Å². The lowest BCUT2D eigenvalue weighted by molar-refractivity contribution is -0.735. The molecule has 2 aliphatic rings. The molecule has 19 heavy (non-hydrogen) atoms. The Hall–Kier alpha value is -2.14. The van der Waals surface area contributed by atoms with Crippen molar-refractivity contribution in [1.29, 1.82) is 0 Å². The lowest BCUT2D eigenvalue weighted by Gasteiger charge is -2.21. The standard InChI is InChI=1S/C14H11N3O2/c18-7-17-6-8-3-11(14(17)19)10-5-13-12(4-9(8)10)15-1-2-16-13/h1-2,4-5,7-8,11H,3,6H2/p+1/t8-,11-/m0/s1. The van der Waals surface area contributed by atoms with Gasteiger partial charge in [0.05, 0.1) is 17.6 Å². The number of aromatic nitrogens is 2. The normalized spacial score (nSPS) is 28.4. The number of carbonyl (C=O) groups excluding carboxylic acids is 2. The van der Waals surface area contributed by atoms with Crippen molar-refractivity contribution < 1.29 is 14.5 Å². The number of hydrogen-bond acceptors (Lipinski definition) is 4. The predicted octanol–water partition coefficient (Wildman–Crippen LogP) is -0.218. The van der Waals surface area contributed by atoms with Gasteiger partial charge < -0.3 is 0 Å². The van der Waals surface area contributed by atoms with E-state index in [1.807, 2.05) is 12.1 Å². The zero-order valence-corrected chi connectivity index (χ0v) is 10.2. The summed E-state index contributed by atoms with van der Waals surface area (Å²) >= 11 is 0. The van der Waals surface area contributed by atoms with Crippen LogP contribution in [0.4, 0.5) is 0 Å². The highest BCUT2D eigenvalue weighted by atomic mass is 16.2. The molecule has 3 atom stereocenters. The molecule has 4 rings (SSSR count). The van der Waals surface area contributed by atoms with Crippen molar-refractivity contribution in [3.8, 4) is 0 Å². The molecule has 0 saturated carbocycles. The molecule has 1 aliphatic heterocycles. The van der Waals surface area contributed by atoms with Crippen molar-refractivity contribution >= 4 is 23.4 Å². The van der Waals surface area contributed by atoms with E-state index < -0.39 is 0 Å². The van der Waals surface area contributed by atoms with Crippen molar-refractivity contribution in [2.45, 2.75) is 18.3 Å². The average molecular weight is 254 g/mol. The number of nitrogens with zero attached hydrogens (tertiary/aromatic N) is 2. The van der Waals surface area contributed by atoms with E-state index in [9.17, 15) is 9.59 Å². The maximum absolute atomic E-state index is 12.2. The topological polar surface area (TPSA) is 64.4 Å². The van der Waals surface area contributed by atoms with Crippen LogP contribution in [0.2, 0.25) is 0 Å². The van der Waals surface area contributed by atoms with Gasteiger partial charge in [-0.15, -0.1) is 0 Å². The van der Waals surface area contributed by atoms with Gasteiger partial charge in [-0.3, -0.25) is 9.97 Å². The first-order valence-electron chi connectivity index (χ1n) is 6.37. The van der Waals surface area contributed by atoms with Crippen LogP contribution in [0.3, 0.4) is 0 Å². The molecule has 5 heteroatoms. The number of quaternary nitrogens is 1. The van der Waals surface area contributed by atoms with E-state index in [-0.39, 0.29) is 17.7 Å². The van der Waals surface area contributed by atoms with E-state index in [4.69, 9.17) is 0 Å². The number of carbonyl (C=O) groups is 2. The minimum atomic E-state index is -0.152. The Labute approximate surface area is 109 Å². The van der Waals surface area contributed by atoms with Crippen LogP contribution in [-0.2, 0) is 9.59 Å². The number of amides is 2. The third kappa shape index (κ3) is 1.39. The van der Waals surface area contributed by atoms with Crippen molar-refractivity contribution in [2.24, 2.45) is 0 Å². The van der Waals surface area contributed by atoms with Crippen molar-refractivity contribution in [1.82, 2.24) is 9.97 Å². The number of fused-ring (bicyclic) bond motifs is 6. The number of hydrogen-bond donors (Lipinski definition) is 1. The van der Waals surface area contributed by atoms with E-state index in [2.05, 4.69) is 9.97 Å². The molecule has 5 nitrogen and oxygen atoms in total. The number of rotatable bonds is 1. The highest BCUT2D eigenvalue weighted by molar-refractivity contribution is 5.86. The van der Waals surface area contributed by atoms with Gasteiger partial charge in [-0.05, 0) is 29.7 Å². The van der Waals surface area contributed by atoms with Crippen LogP contribution < -0.4 is 4.90 Å². The van der Waals surface area contributed by atoms with Crippen LogP contribution >= 0.6 is 0 Å². The highest BCUT2D eigenvalue weighted by Gasteiger charge is 2.47. The molecule has 1 N–H and O–H groups in total. The largest absolute Gasteiger partial charge is 0.326 e. The predicted molar refractivity (Wildman–Crippen MR) is 66.5 cm³/mol. The van der Waals surface area contributed by atoms with E-state index in [1.54, 1.807) is 12.4 Å². The van der Waals surface area contributed by atoms with Gasteiger partial charge in [0.15, 0.2) is 0 Å². The molecule has 1 aromatic carbocycles. The molecule has 2 bridgehead atoms. The van der Waals surface area contributed by atoms with Crippen molar-refractivity contribution in [3.63, 3.8) is 0 Å². The molecule has 1 unspecified atom stereocenters. The molecule has 2 aromatic rings. The van der Waals surface area contributed by atoms with Gasteiger partial charge in [-0.2, -0.15) is 0 Å². The molecule has 2 amide bonds. The first kappa shape index (κ1) is 10.8. The number of benzene rings is 1. The summed E-state index contributed by atoms with van der Waals surface area (Å²) in [5.74, 6) is 0.123. The molecule has 94 valence electrons. The fourth-order valence-electron chi connectivity index (χ4n) is 3.37. The van der Waals surface area contributed by atoms with Crippen LogP contribution in [0, 0.1) is 0 Å². The van der Waals surface area contributed by atoms with E-state index in [0.717, 1.165) is 29.4 Å². The summed E-state index contributed by atoms with van der Waals surface area (Å²) < 4.78 is 0. The summed E-state index contributed by atoms with van der Waals surface area (Å²) in [4.78, 5) is 32.2. The molecule has 1 fully saturated rings. The number of imide groups is 1. The smallest absolute Gasteiger partial charge is 0.253 e. The monoisotopic (exact) mass is 254 g/mol. The second-order valence-electron chi connectivity index (χ2n) is 5.22. The average Bonchev–Trinajstić information content (AvgIpc) is 2.75. The Morgan fingerprint density at radius 2 is 1.84 bits per heavy atom. The fraction of sp³-hybridized carbons (Fsp3) is 0.286. The summed E-state index contributed by atoms with van der Waals surface area (Å²) in [6.07, 6.45) is 4.87. The summed E-state index contributed by atoms with van der Waals surface area (Å²) in [6.45, 7) is 0.567. The number of piperidine rings is 1. The van der Waals surface area contributed by atoms with Gasteiger partial charge in [0.1, 0.15) is 5.92 Å². The minimum Gasteiger partial charge on any atom is -0.253 e. The summed E-state index contributed by atoms with van der Waals surface area (Å²) in [5.41, 5.74) is 3.88. The van der Waals surface area contributed by atoms with Gasteiger partial charge >= 0.3 is 12.3 Å². The number of nitrogens with one attached hydrogen (secondary N) is 1. The number of likely N-dealkylation sites (tertiary alicyclic amines) is 1. The first-order chi connectivity index (χ1) is 9.28. The molecule has 1 aromatic heterocycles. The second kappa shape index (κ2) is 3.68. The fourth-order valence-corrected chi connectivity index (χ4v) is 3.37. The van der Waals surface area contributed by atoms with E-state index in [0.29, 0.717) is 11.4 Å². The summed E-state index contributed by atoms with van der Waals surface area (Å²) in [6, 6.07) is 4.00. The third-order valence-electron chi connectivity index (χ3n) is 4.25. The third-order valence-corrected chi connectivity index (χ3v) is 4.25. The molecular weight excluding hydrogens is 242 g/mol. The Morgan fingerprint density at radius 1 is 1.16 bits per heavy atom. The van der Waals surface area contributed by atoms with Crippen LogP contribution in [0.15, 0.2) is 24.5 Å². The van der Waals surface area contributed by atoms with Crippen molar-refractivity contribution in [3.05, 3.63) is 35.7 Å². The first-order valence-corrected chi connectivity index (χ1v) is 6.37. The minimum absolute atomic E-state index is 0.00626. The molecule has 2 heterocycles. The zero-order chi connectivity index (χ0) is 13.0. The molecule has 0 radical (unpaired) electrons. The highest BCUT2D eigenvalue weighted by Crippen LogP contribution is 2.43. The second-order valence-corrected chi connectivity index (χ2v) is 5.22. The van der Waals surface area contributed by atoms with Crippen LogP contribution in [0.1, 0.15) is 29.4 Å². The van der Waals surface area contributed by atoms with Gasteiger partial charge in [0.2, 0.25) is 0 Å². The Kier molecular flexibility index (Phi) is 2.08. The quantitative estimate of drug-likeness (QED) is 0.715. The van der Waals surface area contributed by atoms with Gasteiger partial charge in [0.25, 0.3) is 0 Å². The van der Waals surface area contributed by atoms with E-state index >= 15 is 0 Å². The zero-order valence-electron chi connectivity index (χ0n) is 10.2. The van der Waals surface area contributed by atoms with Crippen LogP contribution in [0.25, 0.3) is 11.0 Å². The maximum atomic E-state index is 12.2. The summed E-state index contributed by atoms with van der Waals surface area (Å²) in [7, 11) is 0. The van der Waals surface area contributed by atoms with Gasteiger partial charge in [-0.25, -0.2) is 14.5 Å². The molecule has 1 aliphatic carbocycles. The Balaban J connectivity index is 1.94. The lowest BCUT2D eigenvalue weighted by atomic mass is 9.95. The SMILES string of the molecule is O=C[NH+]1C[C@@H]2C[C@H](C1=O)c1cc3nccnc3cc12. The lowest BCUT2D eigenvalue weighted by Crippen LogP contribution is -3.15. The summed E-state index contributed by atoms with van der Waals surface area (Å²) in [5, 5.41) is 0. The van der Waals surface area contributed by atoms with Crippen LogP contribution in [-0.4, -0.2) is 28.8 Å². The molecule has 1 saturated heterocycles. The van der Waals surface area contributed by atoms with Gasteiger partial charge in [-0.1, -0.05) is 0 Å². The Morgan fingerprint density at radius 3 is 2.53 bits per heavy atom. The van der Waals surface area contributed by atoms with Gasteiger partial charge in [0, 0.05) is 18.3 Å². The molecular formula is C14H12N3O2+. The van der Waals surface area contributed by atoms with E-state index in [1.165, 1.54) is 5.56 Å². The Bertz CT molecular complexity index is 713. The molecule has 0 spiro atoms.